The van der Waals surface area contributed by atoms with Crippen LogP contribution in [0.4, 0.5) is 5.69 Å². The number of hydrogen-bond acceptors (Lipinski definition) is 5. The van der Waals surface area contributed by atoms with Gasteiger partial charge in [-0.1, -0.05) is 25.0 Å². The van der Waals surface area contributed by atoms with Crippen molar-refractivity contribution in [2.24, 2.45) is 11.3 Å². The normalized spacial score (nSPS) is 24.0. The summed E-state index contributed by atoms with van der Waals surface area (Å²) in [5.74, 6) is -0.217. The second-order valence-corrected chi connectivity index (χ2v) is 7.41. The Labute approximate surface area is 159 Å². The summed E-state index contributed by atoms with van der Waals surface area (Å²) in [5.41, 5.74) is 1.26. The predicted octanol–water partition coefficient (Wildman–Crippen LogP) is 1.24. The van der Waals surface area contributed by atoms with Crippen molar-refractivity contribution < 1.29 is 19.1 Å². The second kappa shape index (κ2) is 8.52. The van der Waals surface area contributed by atoms with Gasteiger partial charge >= 0.3 is 5.97 Å². The summed E-state index contributed by atoms with van der Waals surface area (Å²) in [6.07, 6.45) is 4.52. The van der Waals surface area contributed by atoms with Crippen LogP contribution >= 0.6 is 0 Å². The van der Waals surface area contributed by atoms with Gasteiger partial charge in [0, 0.05) is 12.2 Å². The number of carbonyl (C=O) groups excluding carboxylic acids is 3. The van der Waals surface area contributed by atoms with Gasteiger partial charge in [0.25, 0.3) is 0 Å². The zero-order valence-electron chi connectivity index (χ0n) is 15.7. The van der Waals surface area contributed by atoms with Crippen molar-refractivity contribution in [3.8, 4) is 0 Å². The number of benzene rings is 1. The zero-order chi connectivity index (χ0) is 19.3. The number of amides is 2. The Hall–Kier alpha value is -2.41. The van der Waals surface area contributed by atoms with E-state index >= 15 is 0 Å². The Balaban J connectivity index is 1.55. The predicted molar refractivity (Wildman–Crippen MR) is 101 cm³/mol. The summed E-state index contributed by atoms with van der Waals surface area (Å²) >= 11 is 0. The number of hydrogen-bond donors (Lipinski definition) is 3. The molecule has 1 saturated carbocycles. The van der Waals surface area contributed by atoms with Crippen LogP contribution in [0.25, 0.3) is 0 Å². The van der Waals surface area contributed by atoms with Crippen LogP contribution < -0.4 is 16.0 Å². The van der Waals surface area contributed by atoms with Crippen molar-refractivity contribution in [2.45, 2.75) is 32.1 Å². The average molecular weight is 373 g/mol. The first-order chi connectivity index (χ1) is 13.0. The van der Waals surface area contributed by atoms with E-state index < -0.39 is 5.97 Å². The van der Waals surface area contributed by atoms with E-state index in [0.29, 0.717) is 5.92 Å². The number of rotatable bonds is 6. The Kier molecular flexibility index (Phi) is 6.11. The lowest BCUT2D eigenvalue weighted by molar-refractivity contribution is -0.141. The molecule has 0 aromatic heterocycles. The van der Waals surface area contributed by atoms with Crippen molar-refractivity contribution in [3.05, 3.63) is 29.8 Å². The number of esters is 1. The fourth-order valence-electron chi connectivity index (χ4n) is 4.14. The highest BCUT2D eigenvalue weighted by Crippen LogP contribution is 2.44. The van der Waals surface area contributed by atoms with Crippen molar-refractivity contribution in [1.82, 2.24) is 10.6 Å². The Morgan fingerprint density at radius 2 is 2.00 bits per heavy atom. The SMILES string of the molecule is COC(=O)CNC(=O)Cc1ccc(NC(=O)[C@@]23CCCC[C@H]2CNC3)cc1. The molecule has 0 spiro atoms. The van der Waals surface area contributed by atoms with E-state index in [1.807, 2.05) is 24.3 Å². The molecule has 1 saturated heterocycles. The lowest BCUT2D eigenvalue weighted by atomic mass is 9.67. The van der Waals surface area contributed by atoms with Gasteiger partial charge in [-0.3, -0.25) is 14.4 Å². The number of anilines is 1. The highest BCUT2D eigenvalue weighted by Gasteiger charge is 2.49. The lowest BCUT2D eigenvalue weighted by Gasteiger charge is -2.37. The monoisotopic (exact) mass is 373 g/mol. The van der Waals surface area contributed by atoms with Gasteiger partial charge < -0.3 is 20.7 Å². The van der Waals surface area contributed by atoms with Gasteiger partial charge in [0.2, 0.25) is 11.8 Å². The first-order valence-corrected chi connectivity index (χ1v) is 9.48. The average Bonchev–Trinajstić information content (AvgIpc) is 3.13. The highest BCUT2D eigenvalue weighted by atomic mass is 16.5. The molecule has 1 aliphatic heterocycles. The molecular weight excluding hydrogens is 346 g/mol. The molecule has 7 heteroatoms. The van der Waals surface area contributed by atoms with Crippen LogP contribution in [-0.2, 0) is 25.5 Å². The first-order valence-electron chi connectivity index (χ1n) is 9.48. The summed E-state index contributed by atoms with van der Waals surface area (Å²) in [7, 11) is 1.28. The van der Waals surface area contributed by atoms with Gasteiger partial charge in [0.1, 0.15) is 6.54 Å². The quantitative estimate of drug-likeness (QED) is 0.652. The Morgan fingerprint density at radius 3 is 2.74 bits per heavy atom. The molecule has 1 heterocycles. The highest BCUT2D eigenvalue weighted by molar-refractivity contribution is 5.96. The molecule has 2 amide bonds. The third-order valence-corrected chi connectivity index (χ3v) is 5.72. The molecular formula is C20H27N3O4. The number of fused-ring (bicyclic) bond motifs is 1. The maximum absolute atomic E-state index is 13.0. The number of nitrogens with one attached hydrogen (secondary N) is 3. The van der Waals surface area contributed by atoms with E-state index in [4.69, 9.17) is 0 Å². The molecule has 3 N–H and O–H groups in total. The molecule has 1 aromatic carbocycles. The van der Waals surface area contributed by atoms with Crippen LogP contribution in [-0.4, -0.2) is 44.5 Å². The zero-order valence-corrected chi connectivity index (χ0v) is 15.7. The van der Waals surface area contributed by atoms with Crippen molar-refractivity contribution in [1.29, 1.82) is 0 Å². The summed E-state index contributed by atoms with van der Waals surface area (Å²) in [5, 5.41) is 8.96. The van der Waals surface area contributed by atoms with E-state index in [0.717, 1.165) is 43.6 Å². The van der Waals surface area contributed by atoms with E-state index in [9.17, 15) is 14.4 Å². The van der Waals surface area contributed by atoms with Crippen LogP contribution in [0.2, 0.25) is 0 Å². The third-order valence-electron chi connectivity index (χ3n) is 5.72. The standard InChI is InChI=1S/C20H27N3O4/c1-27-18(25)12-22-17(24)10-14-5-7-16(8-6-14)23-19(26)20-9-3-2-4-15(20)11-21-13-20/h5-8,15,21H,2-4,9-13H2,1H3,(H,22,24)(H,23,26)/t15-,20+/m0/s1. The molecule has 3 rings (SSSR count). The van der Waals surface area contributed by atoms with E-state index in [1.54, 1.807) is 0 Å². The molecule has 0 radical (unpaired) electrons. The molecule has 146 valence electrons. The molecule has 2 atom stereocenters. The number of carbonyl (C=O) groups is 3. The van der Waals surface area contributed by atoms with Crippen LogP contribution in [0, 0.1) is 11.3 Å². The summed E-state index contributed by atoms with van der Waals surface area (Å²) in [4.78, 5) is 35.8. The van der Waals surface area contributed by atoms with Gasteiger partial charge in [-0.15, -0.1) is 0 Å². The Bertz CT molecular complexity index is 704. The largest absolute Gasteiger partial charge is 0.468 e. The summed E-state index contributed by atoms with van der Waals surface area (Å²) in [6.45, 7) is 1.54. The third kappa shape index (κ3) is 4.47. The minimum Gasteiger partial charge on any atom is -0.468 e. The smallest absolute Gasteiger partial charge is 0.325 e. The topological polar surface area (TPSA) is 96.5 Å². The fraction of sp³-hybridized carbons (Fsp3) is 0.550. The molecule has 7 nitrogen and oxygen atoms in total. The molecule has 0 bridgehead atoms. The first kappa shape index (κ1) is 19.4. The van der Waals surface area contributed by atoms with Crippen LogP contribution in [0.5, 0.6) is 0 Å². The fourth-order valence-corrected chi connectivity index (χ4v) is 4.14. The number of ether oxygens (including phenoxy) is 1. The molecule has 1 aliphatic carbocycles. The van der Waals surface area contributed by atoms with Crippen molar-refractivity contribution in [3.63, 3.8) is 0 Å². The van der Waals surface area contributed by atoms with Crippen LogP contribution in [0.3, 0.4) is 0 Å². The maximum atomic E-state index is 13.0. The van der Waals surface area contributed by atoms with Gasteiger partial charge in [-0.2, -0.15) is 0 Å². The molecule has 27 heavy (non-hydrogen) atoms. The van der Waals surface area contributed by atoms with Crippen LogP contribution in [0.15, 0.2) is 24.3 Å². The van der Waals surface area contributed by atoms with Crippen LogP contribution in [0.1, 0.15) is 31.2 Å². The molecule has 0 unspecified atom stereocenters. The minimum atomic E-state index is -0.483. The lowest BCUT2D eigenvalue weighted by Crippen LogP contribution is -2.44. The maximum Gasteiger partial charge on any atom is 0.325 e. The van der Waals surface area contributed by atoms with E-state index in [1.165, 1.54) is 13.5 Å². The molecule has 2 fully saturated rings. The van der Waals surface area contributed by atoms with Crippen molar-refractivity contribution >= 4 is 23.5 Å². The van der Waals surface area contributed by atoms with Gasteiger partial charge in [0.15, 0.2) is 0 Å². The number of methoxy groups -OCH3 is 1. The summed E-state index contributed by atoms with van der Waals surface area (Å²) < 4.78 is 4.48. The molecule has 2 aliphatic rings. The van der Waals surface area contributed by atoms with Gasteiger partial charge in [0.05, 0.1) is 18.9 Å². The Morgan fingerprint density at radius 1 is 1.22 bits per heavy atom. The van der Waals surface area contributed by atoms with E-state index in [2.05, 4.69) is 20.7 Å². The van der Waals surface area contributed by atoms with Gasteiger partial charge in [-0.05, 0) is 43.0 Å². The summed E-state index contributed by atoms with van der Waals surface area (Å²) in [6, 6.07) is 7.27. The van der Waals surface area contributed by atoms with Gasteiger partial charge in [-0.25, -0.2) is 0 Å². The van der Waals surface area contributed by atoms with E-state index in [-0.39, 0.29) is 30.2 Å². The second-order valence-electron chi connectivity index (χ2n) is 7.41. The minimum absolute atomic E-state index is 0.0979. The van der Waals surface area contributed by atoms with Crippen molar-refractivity contribution in [2.75, 3.05) is 32.1 Å². The molecule has 1 aromatic rings.